The molecule has 5 heteroatoms. The SMILES string of the molecule is O=C(O)[C@H]1CC=CC[C@@H]1C(=O)NCCc1cccc(Cl)c1. The molecule has 4 nitrogen and oxygen atoms in total. The van der Waals surface area contributed by atoms with E-state index in [1.54, 1.807) is 6.07 Å². The second kappa shape index (κ2) is 7.27. The van der Waals surface area contributed by atoms with Crippen LogP contribution >= 0.6 is 11.6 Å². The summed E-state index contributed by atoms with van der Waals surface area (Å²) in [7, 11) is 0. The normalized spacial score (nSPS) is 21.0. The predicted octanol–water partition coefficient (Wildman–Crippen LogP) is 2.67. The van der Waals surface area contributed by atoms with Crippen molar-refractivity contribution >= 4 is 23.5 Å². The Morgan fingerprint density at radius 2 is 1.95 bits per heavy atom. The van der Waals surface area contributed by atoms with Crippen molar-refractivity contribution in [3.05, 3.63) is 47.0 Å². The summed E-state index contributed by atoms with van der Waals surface area (Å²) in [6.07, 6.45) is 5.28. The number of aliphatic carboxylic acids is 1. The van der Waals surface area contributed by atoms with Crippen LogP contribution in [0.25, 0.3) is 0 Å². The first kappa shape index (κ1) is 15.6. The number of hydrogen-bond acceptors (Lipinski definition) is 2. The number of hydrogen-bond donors (Lipinski definition) is 2. The van der Waals surface area contributed by atoms with Gasteiger partial charge in [0.1, 0.15) is 0 Å². The highest BCUT2D eigenvalue weighted by molar-refractivity contribution is 6.30. The molecule has 2 rings (SSSR count). The highest BCUT2D eigenvalue weighted by Gasteiger charge is 2.33. The highest BCUT2D eigenvalue weighted by atomic mass is 35.5. The summed E-state index contributed by atoms with van der Waals surface area (Å²) in [6, 6.07) is 7.47. The van der Waals surface area contributed by atoms with Gasteiger partial charge in [-0.15, -0.1) is 0 Å². The number of allylic oxidation sites excluding steroid dienone is 2. The van der Waals surface area contributed by atoms with Gasteiger partial charge in [-0.1, -0.05) is 35.9 Å². The van der Waals surface area contributed by atoms with Gasteiger partial charge < -0.3 is 10.4 Å². The van der Waals surface area contributed by atoms with E-state index >= 15 is 0 Å². The molecule has 0 bridgehead atoms. The van der Waals surface area contributed by atoms with Crippen molar-refractivity contribution in [3.8, 4) is 0 Å². The van der Waals surface area contributed by atoms with Gasteiger partial charge in [-0.3, -0.25) is 9.59 Å². The van der Waals surface area contributed by atoms with E-state index in [0.29, 0.717) is 30.8 Å². The van der Waals surface area contributed by atoms with E-state index in [2.05, 4.69) is 5.32 Å². The van der Waals surface area contributed by atoms with Gasteiger partial charge in [-0.25, -0.2) is 0 Å². The fraction of sp³-hybridized carbons (Fsp3) is 0.375. The average Bonchev–Trinajstić information content (AvgIpc) is 2.47. The largest absolute Gasteiger partial charge is 0.481 e. The van der Waals surface area contributed by atoms with Gasteiger partial charge in [0.15, 0.2) is 0 Å². The summed E-state index contributed by atoms with van der Waals surface area (Å²) < 4.78 is 0. The van der Waals surface area contributed by atoms with Gasteiger partial charge in [-0.2, -0.15) is 0 Å². The first-order valence-electron chi connectivity index (χ1n) is 6.98. The fourth-order valence-corrected chi connectivity index (χ4v) is 2.74. The lowest BCUT2D eigenvalue weighted by Crippen LogP contribution is -2.39. The molecule has 2 atom stereocenters. The van der Waals surface area contributed by atoms with Crippen LogP contribution in [0.3, 0.4) is 0 Å². The Kier molecular flexibility index (Phi) is 5.39. The van der Waals surface area contributed by atoms with E-state index < -0.39 is 17.8 Å². The molecule has 0 aromatic heterocycles. The molecule has 21 heavy (non-hydrogen) atoms. The Morgan fingerprint density at radius 3 is 2.62 bits per heavy atom. The Hall–Kier alpha value is -1.81. The maximum absolute atomic E-state index is 12.1. The van der Waals surface area contributed by atoms with Crippen LogP contribution in [0.2, 0.25) is 5.02 Å². The summed E-state index contributed by atoms with van der Waals surface area (Å²) in [5.74, 6) is -2.20. The molecule has 0 saturated heterocycles. The van der Waals surface area contributed by atoms with Crippen molar-refractivity contribution in [2.45, 2.75) is 19.3 Å². The molecular formula is C16H18ClNO3. The molecule has 0 spiro atoms. The molecule has 1 aromatic carbocycles. The molecular weight excluding hydrogens is 290 g/mol. The Balaban J connectivity index is 1.86. The number of carboxylic acids is 1. The zero-order chi connectivity index (χ0) is 15.2. The number of halogens is 1. The molecule has 1 aliphatic rings. The van der Waals surface area contributed by atoms with Crippen LogP contribution in [0.5, 0.6) is 0 Å². The molecule has 0 radical (unpaired) electrons. The Labute approximate surface area is 128 Å². The molecule has 0 heterocycles. The molecule has 0 aliphatic heterocycles. The third-order valence-electron chi connectivity index (χ3n) is 3.69. The van der Waals surface area contributed by atoms with Crippen LogP contribution in [0.1, 0.15) is 18.4 Å². The summed E-state index contributed by atoms with van der Waals surface area (Å²) in [5.41, 5.74) is 1.04. The second-order valence-electron chi connectivity index (χ2n) is 5.16. The minimum absolute atomic E-state index is 0.186. The van der Waals surface area contributed by atoms with Crippen LogP contribution in [-0.4, -0.2) is 23.5 Å². The molecule has 0 unspecified atom stereocenters. The smallest absolute Gasteiger partial charge is 0.307 e. The van der Waals surface area contributed by atoms with Gasteiger partial charge in [0, 0.05) is 11.6 Å². The summed E-state index contributed by atoms with van der Waals surface area (Å²) in [6.45, 7) is 0.478. The second-order valence-corrected chi connectivity index (χ2v) is 5.60. The lowest BCUT2D eigenvalue weighted by atomic mass is 9.82. The highest BCUT2D eigenvalue weighted by Crippen LogP contribution is 2.26. The summed E-state index contributed by atoms with van der Waals surface area (Å²) >= 11 is 5.90. The van der Waals surface area contributed by atoms with Gasteiger partial charge in [-0.05, 0) is 37.0 Å². The fourth-order valence-electron chi connectivity index (χ4n) is 2.53. The zero-order valence-corrected chi connectivity index (χ0v) is 12.3. The van der Waals surface area contributed by atoms with Crippen LogP contribution < -0.4 is 5.32 Å². The average molecular weight is 308 g/mol. The summed E-state index contributed by atoms with van der Waals surface area (Å²) in [5, 5.41) is 12.7. The number of carbonyl (C=O) groups excluding carboxylic acids is 1. The van der Waals surface area contributed by atoms with Gasteiger partial charge in [0.05, 0.1) is 11.8 Å². The lowest BCUT2D eigenvalue weighted by molar-refractivity contribution is -0.147. The third kappa shape index (κ3) is 4.33. The van der Waals surface area contributed by atoms with E-state index in [1.807, 2.05) is 30.4 Å². The van der Waals surface area contributed by atoms with Crippen molar-refractivity contribution in [1.29, 1.82) is 0 Å². The van der Waals surface area contributed by atoms with Crippen molar-refractivity contribution in [2.24, 2.45) is 11.8 Å². The summed E-state index contributed by atoms with van der Waals surface area (Å²) in [4.78, 5) is 23.3. The molecule has 0 fully saturated rings. The van der Waals surface area contributed by atoms with Gasteiger partial charge in [0.2, 0.25) is 5.91 Å². The first-order chi connectivity index (χ1) is 10.1. The Bertz CT molecular complexity index is 556. The minimum atomic E-state index is -0.908. The Morgan fingerprint density at radius 1 is 1.24 bits per heavy atom. The van der Waals surface area contributed by atoms with Crippen molar-refractivity contribution in [1.82, 2.24) is 5.32 Å². The first-order valence-corrected chi connectivity index (χ1v) is 7.35. The van der Waals surface area contributed by atoms with Crippen molar-refractivity contribution in [2.75, 3.05) is 6.54 Å². The van der Waals surface area contributed by atoms with Crippen LogP contribution in [-0.2, 0) is 16.0 Å². The predicted molar refractivity (Wildman–Crippen MR) is 81.2 cm³/mol. The van der Waals surface area contributed by atoms with E-state index in [4.69, 9.17) is 16.7 Å². The van der Waals surface area contributed by atoms with Crippen LogP contribution in [0.4, 0.5) is 0 Å². The monoisotopic (exact) mass is 307 g/mol. The van der Waals surface area contributed by atoms with Gasteiger partial charge in [0.25, 0.3) is 0 Å². The maximum atomic E-state index is 12.1. The number of carbonyl (C=O) groups is 2. The topological polar surface area (TPSA) is 66.4 Å². The van der Waals surface area contributed by atoms with E-state index in [-0.39, 0.29) is 5.91 Å². The molecule has 1 aromatic rings. The van der Waals surface area contributed by atoms with Crippen LogP contribution in [0.15, 0.2) is 36.4 Å². The molecule has 1 amide bonds. The number of nitrogens with one attached hydrogen (secondary N) is 1. The van der Waals surface area contributed by atoms with E-state index in [0.717, 1.165) is 5.56 Å². The quantitative estimate of drug-likeness (QED) is 0.822. The van der Waals surface area contributed by atoms with Crippen molar-refractivity contribution in [3.63, 3.8) is 0 Å². The van der Waals surface area contributed by atoms with Crippen molar-refractivity contribution < 1.29 is 14.7 Å². The molecule has 112 valence electrons. The number of rotatable bonds is 5. The molecule has 0 saturated carbocycles. The van der Waals surface area contributed by atoms with E-state index in [1.165, 1.54) is 0 Å². The third-order valence-corrected chi connectivity index (χ3v) is 3.92. The maximum Gasteiger partial charge on any atom is 0.307 e. The van der Waals surface area contributed by atoms with Crippen LogP contribution in [0, 0.1) is 11.8 Å². The van der Waals surface area contributed by atoms with Gasteiger partial charge >= 0.3 is 5.97 Å². The lowest BCUT2D eigenvalue weighted by Gasteiger charge is -2.24. The zero-order valence-electron chi connectivity index (χ0n) is 11.6. The molecule has 1 aliphatic carbocycles. The molecule has 2 N–H and O–H groups in total. The minimum Gasteiger partial charge on any atom is -0.481 e. The van der Waals surface area contributed by atoms with E-state index in [9.17, 15) is 9.59 Å². The number of amides is 1. The number of benzene rings is 1. The standard InChI is InChI=1S/C16H18ClNO3/c17-12-5-3-4-11(10-12)8-9-18-15(19)13-6-1-2-7-14(13)16(20)21/h1-5,10,13-14H,6-9H2,(H,18,19)(H,20,21)/t13-,14-/m0/s1. The number of carboxylic acid groups (broad SMARTS) is 1.